The van der Waals surface area contributed by atoms with Crippen LogP contribution in [-0.2, 0) is 18.9 Å². The van der Waals surface area contributed by atoms with E-state index in [1.165, 1.54) is 30.3 Å². The maximum absolute atomic E-state index is 11.0. The summed E-state index contributed by atoms with van der Waals surface area (Å²) in [4.78, 5) is 0. The lowest BCUT2D eigenvalue weighted by atomic mass is 9.97. The Balaban J connectivity index is 1.52. The summed E-state index contributed by atoms with van der Waals surface area (Å²) in [6, 6.07) is 6.11. The molecule has 0 spiro atoms. The van der Waals surface area contributed by atoms with E-state index in [9.17, 15) is 56.2 Å². The van der Waals surface area contributed by atoms with Gasteiger partial charge in [-0.05, 0) is 18.2 Å². The molecule has 43 heavy (non-hydrogen) atoms. The van der Waals surface area contributed by atoms with Gasteiger partial charge >= 0.3 is 0 Å². The van der Waals surface area contributed by atoms with Crippen LogP contribution in [0.15, 0.2) is 36.1 Å². The van der Waals surface area contributed by atoms with E-state index in [0.717, 1.165) is 6.07 Å². The molecule has 5 rings (SSSR count). The van der Waals surface area contributed by atoms with Gasteiger partial charge in [-0.1, -0.05) is 0 Å². The molecule has 0 aliphatic carbocycles. The number of aromatic hydroxyl groups is 5. The number of benzene rings is 2. The zero-order valence-electron chi connectivity index (χ0n) is 22.2. The van der Waals surface area contributed by atoms with E-state index in [1.807, 2.05) is 0 Å². The fourth-order valence-electron chi connectivity index (χ4n) is 5.10. The second-order valence-corrected chi connectivity index (χ2v) is 10.3. The monoisotopic (exact) mass is 613 g/mol. The van der Waals surface area contributed by atoms with Crippen molar-refractivity contribution in [3.05, 3.63) is 47.2 Å². The molecule has 11 atom stereocenters. The Labute approximate surface area is 243 Å². The van der Waals surface area contributed by atoms with Crippen LogP contribution < -0.4 is 0 Å². The van der Waals surface area contributed by atoms with Crippen LogP contribution in [0.2, 0.25) is 0 Å². The molecule has 2 saturated heterocycles. The third-order valence-electron chi connectivity index (χ3n) is 7.48. The number of phenolic OH excluding ortho intramolecular Hbond substituents is 4. The lowest BCUT2D eigenvalue weighted by molar-refractivity contribution is -0.364. The van der Waals surface area contributed by atoms with E-state index in [-0.39, 0.29) is 34.1 Å². The Morgan fingerprint density at radius 3 is 2.00 bits per heavy atom. The number of ether oxygens (including phenoxy) is 5. The molecule has 0 aromatic heterocycles. The molecule has 3 heterocycles. The van der Waals surface area contributed by atoms with Gasteiger partial charge in [-0.2, -0.15) is 0 Å². The molecule has 3 aliphatic rings. The van der Waals surface area contributed by atoms with Gasteiger partial charge in [-0.15, -0.1) is 0 Å². The highest BCUT2D eigenvalue weighted by Crippen LogP contribution is 2.46. The topological polar surface area (TPSA) is 272 Å². The normalized spacial score (nSPS) is 35.9. The molecular formula is C27H33O16+. The van der Waals surface area contributed by atoms with E-state index < -0.39 is 92.2 Å². The summed E-state index contributed by atoms with van der Waals surface area (Å²) in [6.45, 7) is -1.54. The molecule has 0 amide bonds. The summed E-state index contributed by atoms with van der Waals surface area (Å²) >= 11 is 0. The minimum absolute atomic E-state index is 0.0914. The van der Waals surface area contributed by atoms with Crippen LogP contribution in [0.3, 0.4) is 0 Å². The standard InChI is InChI=1S/C27H32O16/c28-7-17-19(34)21(36)23(38)26(41-17)43-25-22(37)20(35)18(8-29)42-27(25)40-16-6-11-13(32)4-10(30)5-15(11)39-24(16)9-1-2-12(31)14(33)3-9/h1-6,17-38H,7-8H2/p+1. The first-order chi connectivity index (χ1) is 20.4. The van der Waals surface area contributed by atoms with Gasteiger partial charge in [0.25, 0.3) is 11.9 Å². The van der Waals surface area contributed by atoms with Crippen molar-refractivity contribution < 1.29 is 79.9 Å². The molecule has 0 saturated carbocycles. The van der Waals surface area contributed by atoms with Crippen LogP contribution in [0.4, 0.5) is 0 Å². The summed E-state index contributed by atoms with van der Waals surface area (Å²) in [5, 5.41) is 112. The van der Waals surface area contributed by atoms with Crippen LogP contribution in [0.1, 0.15) is 17.2 Å². The average Bonchev–Trinajstić information content (AvgIpc) is 2.98. The summed E-state index contributed by atoms with van der Waals surface area (Å²) < 4.78 is 27.3. The predicted molar refractivity (Wildman–Crippen MR) is 139 cm³/mol. The first-order valence-corrected chi connectivity index (χ1v) is 13.2. The molecular weight excluding hydrogens is 580 g/mol. The van der Waals surface area contributed by atoms with Gasteiger partial charge in [0.05, 0.1) is 24.8 Å². The van der Waals surface area contributed by atoms with E-state index in [1.54, 1.807) is 0 Å². The van der Waals surface area contributed by atoms with Crippen molar-refractivity contribution in [1.82, 2.24) is 0 Å². The number of hydrogen-bond donors (Lipinski definition) is 11. The minimum atomic E-state index is -1.88. The van der Waals surface area contributed by atoms with Gasteiger partial charge in [-0.3, -0.25) is 0 Å². The summed E-state index contributed by atoms with van der Waals surface area (Å²) in [6.07, 6.45) is -16.7. The number of aliphatic hydroxyl groups excluding tert-OH is 7. The lowest BCUT2D eigenvalue weighted by Crippen LogP contribution is -2.64. The number of rotatable bonds is 7. The zero-order valence-corrected chi connectivity index (χ0v) is 22.2. The Morgan fingerprint density at radius 2 is 1.35 bits per heavy atom. The maximum Gasteiger partial charge on any atom is 0.270 e. The van der Waals surface area contributed by atoms with Crippen molar-refractivity contribution in [2.75, 3.05) is 13.2 Å². The first-order valence-electron chi connectivity index (χ1n) is 13.2. The van der Waals surface area contributed by atoms with Crippen molar-refractivity contribution >= 4 is 6.08 Å². The molecule has 2 aromatic carbocycles. The fraction of sp³-hybridized carbons (Fsp3) is 0.481. The van der Waals surface area contributed by atoms with Crippen molar-refractivity contribution in [2.24, 2.45) is 0 Å². The highest BCUT2D eigenvalue weighted by Gasteiger charge is 2.52. The molecule has 12 N–H and O–H groups in total. The Morgan fingerprint density at radius 1 is 0.698 bits per heavy atom. The molecule has 16 nitrogen and oxygen atoms in total. The molecule has 0 radical (unpaired) electrons. The van der Waals surface area contributed by atoms with Crippen LogP contribution in [0.5, 0.6) is 28.7 Å². The van der Waals surface area contributed by atoms with Gasteiger partial charge in [0, 0.05) is 12.1 Å². The smallest absolute Gasteiger partial charge is 0.270 e. The maximum atomic E-state index is 11.0. The molecule has 236 valence electrons. The second-order valence-electron chi connectivity index (χ2n) is 10.3. The second kappa shape index (κ2) is 12.3. The fourth-order valence-corrected chi connectivity index (χ4v) is 5.10. The quantitative estimate of drug-likeness (QED) is 0.114. The van der Waals surface area contributed by atoms with Crippen LogP contribution in [-0.4, -0.2) is 136 Å². The van der Waals surface area contributed by atoms with Gasteiger partial charge in [0.1, 0.15) is 59.8 Å². The van der Waals surface area contributed by atoms with Gasteiger partial charge in [0.2, 0.25) is 6.29 Å². The largest absolute Gasteiger partial charge is 0.571 e. The van der Waals surface area contributed by atoms with E-state index >= 15 is 0 Å². The summed E-state index contributed by atoms with van der Waals surface area (Å²) in [5.74, 6) is -1.55. The Bertz CT molecular complexity index is 1330. The van der Waals surface area contributed by atoms with Crippen LogP contribution in [0.25, 0.3) is 6.08 Å². The molecule has 11 unspecified atom stereocenters. The average molecular weight is 614 g/mol. The third kappa shape index (κ3) is 5.89. The lowest BCUT2D eigenvalue weighted by Gasteiger charge is -2.46. The van der Waals surface area contributed by atoms with Crippen LogP contribution >= 0.6 is 0 Å². The molecule has 2 aromatic rings. The number of fused-ring (bicyclic) bond motifs is 1. The van der Waals surface area contributed by atoms with Gasteiger partial charge in [0.15, 0.2) is 29.7 Å². The van der Waals surface area contributed by atoms with E-state index in [0.29, 0.717) is 0 Å². The number of aliphatic hydroxyl groups is 8. The molecule has 0 bridgehead atoms. The predicted octanol–water partition coefficient (Wildman–Crippen LogP) is -2.51. The van der Waals surface area contributed by atoms with Crippen molar-refractivity contribution in [3.8, 4) is 28.7 Å². The first kappa shape index (κ1) is 31.0. The molecule has 2 fully saturated rings. The summed E-state index contributed by atoms with van der Waals surface area (Å²) in [7, 11) is 0. The SMILES string of the molecule is OCC1OC(OC2C(OC3=Cc4c(O)cc(O)cc4[OH+]C3c3ccc(O)c(O)c3)OC(CO)C(O)C2O)C(O)C(O)C1O. The number of phenols is 4. The highest BCUT2D eigenvalue weighted by atomic mass is 16.8. The van der Waals surface area contributed by atoms with Crippen molar-refractivity contribution in [2.45, 2.75) is 67.5 Å². The zero-order chi connectivity index (χ0) is 31.2. The third-order valence-corrected chi connectivity index (χ3v) is 7.48. The molecule has 16 heteroatoms. The summed E-state index contributed by atoms with van der Waals surface area (Å²) in [5.41, 5.74) is 0.366. The Kier molecular flexibility index (Phi) is 8.87. The van der Waals surface area contributed by atoms with E-state index in [2.05, 4.69) is 4.74 Å². The minimum Gasteiger partial charge on any atom is -0.571 e. The van der Waals surface area contributed by atoms with Gasteiger partial charge in [-0.25, -0.2) is 0 Å². The molecule has 3 aliphatic heterocycles. The van der Waals surface area contributed by atoms with Gasteiger partial charge < -0.3 is 79.9 Å². The highest BCUT2D eigenvalue weighted by molar-refractivity contribution is 5.69. The van der Waals surface area contributed by atoms with Crippen molar-refractivity contribution in [3.63, 3.8) is 0 Å². The van der Waals surface area contributed by atoms with Crippen molar-refractivity contribution in [1.29, 1.82) is 0 Å². The number of hydrogen-bond acceptors (Lipinski definition) is 15. The van der Waals surface area contributed by atoms with E-state index in [4.69, 9.17) is 18.9 Å². The van der Waals surface area contributed by atoms with Crippen LogP contribution in [0, 0.1) is 0 Å². The Hall–Kier alpha value is -3.42.